The van der Waals surface area contributed by atoms with Gasteiger partial charge in [-0.15, -0.1) is 0 Å². The summed E-state index contributed by atoms with van der Waals surface area (Å²) in [6, 6.07) is 0. The molecule has 0 aliphatic carbocycles. The maximum Gasteiger partial charge on any atom is 0.0700 e. The molecule has 2 fully saturated rings. The molecule has 2 heterocycles. The Morgan fingerprint density at radius 2 is 1.94 bits per heavy atom. The van der Waals surface area contributed by atoms with Crippen molar-refractivity contribution in [2.75, 3.05) is 59.7 Å². The van der Waals surface area contributed by atoms with Gasteiger partial charge < -0.3 is 19.7 Å². The van der Waals surface area contributed by atoms with E-state index in [4.69, 9.17) is 9.47 Å². The molecule has 0 saturated carbocycles. The Hall–Kier alpha value is -0.160. The molecular weight excluding hydrogens is 216 g/mol. The van der Waals surface area contributed by atoms with Gasteiger partial charge in [-0.3, -0.25) is 0 Å². The lowest BCUT2D eigenvalue weighted by Gasteiger charge is -2.33. The zero-order chi connectivity index (χ0) is 12.0. The van der Waals surface area contributed by atoms with Crippen LogP contribution >= 0.6 is 0 Å². The summed E-state index contributed by atoms with van der Waals surface area (Å²) in [6.45, 7) is 8.30. The summed E-state index contributed by atoms with van der Waals surface area (Å²) in [7, 11) is 1.71. The predicted molar refractivity (Wildman–Crippen MR) is 68.3 cm³/mol. The molecule has 2 aliphatic heterocycles. The van der Waals surface area contributed by atoms with Crippen molar-refractivity contribution in [3.05, 3.63) is 0 Å². The first-order valence-electron chi connectivity index (χ1n) is 6.84. The van der Waals surface area contributed by atoms with Crippen molar-refractivity contribution < 1.29 is 9.47 Å². The molecule has 0 radical (unpaired) electrons. The second-order valence-electron chi connectivity index (χ2n) is 5.38. The fourth-order valence-electron chi connectivity index (χ4n) is 3.02. The standard InChI is InChI=1S/C13H26N2O2/c1-16-10-11-17-9-8-15-7-4-13(12-15)2-5-14-6-3-13/h14H,2-12H2,1H3. The van der Waals surface area contributed by atoms with E-state index < -0.39 is 0 Å². The molecule has 17 heavy (non-hydrogen) atoms. The summed E-state index contributed by atoms with van der Waals surface area (Å²) in [5.74, 6) is 0. The topological polar surface area (TPSA) is 33.7 Å². The van der Waals surface area contributed by atoms with Crippen molar-refractivity contribution >= 4 is 0 Å². The zero-order valence-corrected chi connectivity index (χ0v) is 11.0. The van der Waals surface area contributed by atoms with E-state index in [0.717, 1.165) is 19.8 Å². The molecule has 100 valence electrons. The average molecular weight is 242 g/mol. The number of hydrogen-bond acceptors (Lipinski definition) is 4. The first-order chi connectivity index (χ1) is 8.35. The van der Waals surface area contributed by atoms with Gasteiger partial charge in [0.15, 0.2) is 0 Å². The minimum atomic E-state index is 0.623. The third-order valence-electron chi connectivity index (χ3n) is 4.17. The van der Waals surface area contributed by atoms with Gasteiger partial charge in [0.2, 0.25) is 0 Å². The molecule has 2 saturated heterocycles. The van der Waals surface area contributed by atoms with E-state index in [-0.39, 0.29) is 0 Å². The Morgan fingerprint density at radius 1 is 1.12 bits per heavy atom. The first-order valence-corrected chi connectivity index (χ1v) is 6.84. The molecule has 0 unspecified atom stereocenters. The van der Waals surface area contributed by atoms with Crippen LogP contribution in [-0.2, 0) is 9.47 Å². The normalized spacial score (nSPS) is 24.5. The number of methoxy groups -OCH3 is 1. The summed E-state index contributed by atoms with van der Waals surface area (Å²) in [6.07, 6.45) is 4.09. The van der Waals surface area contributed by atoms with Gasteiger partial charge in [-0.2, -0.15) is 0 Å². The van der Waals surface area contributed by atoms with Crippen molar-refractivity contribution in [1.29, 1.82) is 0 Å². The van der Waals surface area contributed by atoms with E-state index in [1.165, 1.54) is 45.4 Å². The number of ether oxygens (including phenoxy) is 2. The van der Waals surface area contributed by atoms with Gasteiger partial charge in [-0.1, -0.05) is 0 Å². The van der Waals surface area contributed by atoms with Gasteiger partial charge in [-0.05, 0) is 44.3 Å². The van der Waals surface area contributed by atoms with Crippen LogP contribution in [0.15, 0.2) is 0 Å². The smallest absolute Gasteiger partial charge is 0.0700 e. The van der Waals surface area contributed by atoms with Crippen LogP contribution in [-0.4, -0.2) is 64.6 Å². The zero-order valence-electron chi connectivity index (χ0n) is 11.0. The van der Waals surface area contributed by atoms with Crippen molar-refractivity contribution in [2.24, 2.45) is 5.41 Å². The Morgan fingerprint density at radius 3 is 2.71 bits per heavy atom. The second-order valence-corrected chi connectivity index (χ2v) is 5.38. The van der Waals surface area contributed by atoms with Gasteiger partial charge in [0, 0.05) is 20.2 Å². The van der Waals surface area contributed by atoms with Crippen LogP contribution in [0.1, 0.15) is 19.3 Å². The quantitative estimate of drug-likeness (QED) is 0.696. The number of rotatable bonds is 6. The molecule has 0 amide bonds. The monoisotopic (exact) mass is 242 g/mol. The van der Waals surface area contributed by atoms with E-state index in [0.29, 0.717) is 12.0 Å². The minimum Gasteiger partial charge on any atom is -0.382 e. The third kappa shape index (κ3) is 3.91. The maximum absolute atomic E-state index is 5.53. The number of nitrogens with zero attached hydrogens (tertiary/aromatic N) is 1. The SMILES string of the molecule is COCCOCCN1CCC2(CCNCC2)C1. The fraction of sp³-hybridized carbons (Fsp3) is 1.00. The van der Waals surface area contributed by atoms with Crippen LogP contribution < -0.4 is 5.32 Å². The molecule has 2 rings (SSSR count). The average Bonchev–Trinajstić information content (AvgIpc) is 2.73. The van der Waals surface area contributed by atoms with Crippen LogP contribution in [0.2, 0.25) is 0 Å². The van der Waals surface area contributed by atoms with Crippen LogP contribution in [0.3, 0.4) is 0 Å². The van der Waals surface area contributed by atoms with Crippen molar-refractivity contribution in [2.45, 2.75) is 19.3 Å². The molecule has 4 heteroatoms. The molecule has 0 aromatic heterocycles. The van der Waals surface area contributed by atoms with E-state index in [1.54, 1.807) is 7.11 Å². The van der Waals surface area contributed by atoms with Gasteiger partial charge in [0.05, 0.1) is 19.8 Å². The third-order valence-corrected chi connectivity index (χ3v) is 4.17. The lowest BCUT2D eigenvalue weighted by atomic mass is 9.78. The molecule has 0 atom stereocenters. The molecule has 0 bridgehead atoms. The highest BCUT2D eigenvalue weighted by Crippen LogP contribution is 2.38. The van der Waals surface area contributed by atoms with Gasteiger partial charge in [0.1, 0.15) is 0 Å². The number of likely N-dealkylation sites (tertiary alicyclic amines) is 1. The van der Waals surface area contributed by atoms with Crippen molar-refractivity contribution in [3.63, 3.8) is 0 Å². The van der Waals surface area contributed by atoms with Crippen molar-refractivity contribution in [3.8, 4) is 0 Å². The Bertz CT molecular complexity index is 217. The maximum atomic E-state index is 5.53. The molecule has 0 aromatic rings. The van der Waals surface area contributed by atoms with Crippen LogP contribution in [0.4, 0.5) is 0 Å². The fourth-order valence-corrected chi connectivity index (χ4v) is 3.02. The summed E-state index contributed by atoms with van der Waals surface area (Å²) in [5.41, 5.74) is 0.623. The first kappa shape index (κ1) is 13.3. The summed E-state index contributed by atoms with van der Waals surface area (Å²) >= 11 is 0. The number of piperidine rings is 1. The number of nitrogens with one attached hydrogen (secondary N) is 1. The Labute approximate surface area is 105 Å². The van der Waals surface area contributed by atoms with Gasteiger partial charge >= 0.3 is 0 Å². The molecule has 2 aliphatic rings. The van der Waals surface area contributed by atoms with Gasteiger partial charge in [-0.25, -0.2) is 0 Å². The van der Waals surface area contributed by atoms with E-state index >= 15 is 0 Å². The minimum absolute atomic E-state index is 0.623. The predicted octanol–water partition coefficient (Wildman–Crippen LogP) is 0.725. The van der Waals surface area contributed by atoms with Crippen LogP contribution in [0.5, 0.6) is 0 Å². The molecule has 1 spiro atoms. The largest absolute Gasteiger partial charge is 0.382 e. The summed E-state index contributed by atoms with van der Waals surface area (Å²) < 4.78 is 10.5. The summed E-state index contributed by atoms with van der Waals surface area (Å²) in [5, 5.41) is 3.46. The molecule has 1 N–H and O–H groups in total. The lowest BCUT2D eigenvalue weighted by Crippen LogP contribution is -2.39. The molecule has 0 aromatic carbocycles. The van der Waals surface area contributed by atoms with E-state index in [2.05, 4.69) is 10.2 Å². The molecular formula is C13H26N2O2. The van der Waals surface area contributed by atoms with Gasteiger partial charge in [0.25, 0.3) is 0 Å². The highest BCUT2D eigenvalue weighted by molar-refractivity contribution is 4.92. The highest BCUT2D eigenvalue weighted by Gasteiger charge is 2.38. The van der Waals surface area contributed by atoms with Crippen LogP contribution in [0, 0.1) is 5.41 Å². The highest BCUT2D eigenvalue weighted by atomic mass is 16.5. The number of hydrogen-bond donors (Lipinski definition) is 1. The van der Waals surface area contributed by atoms with Crippen molar-refractivity contribution in [1.82, 2.24) is 10.2 Å². The van der Waals surface area contributed by atoms with E-state index in [9.17, 15) is 0 Å². The Kier molecular flexibility index (Phi) is 5.22. The van der Waals surface area contributed by atoms with E-state index in [1.807, 2.05) is 0 Å². The lowest BCUT2D eigenvalue weighted by molar-refractivity contribution is 0.0580. The Balaban J connectivity index is 1.60. The summed E-state index contributed by atoms with van der Waals surface area (Å²) in [4.78, 5) is 2.57. The molecule has 4 nitrogen and oxygen atoms in total. The second kappa shape index (κ2) is 6.69. The van der Waals surface area contributed by atoms with Crippen LogP contribution in [0.25, 0.3) is 0 Å².